The third-order valence-corrected chi connectivity index (χ3v) is 5.48. The van der Waals surface area contributed by atoms with Crippen molar-refractivity contribution in [1.29, 1.82) is 0 Å². The monoisotopic (exact) mass is 430 g/mol. The molecule has 4 rings (SSSR count). The number of aryl methyl sites for hydroxylation is 1. The summed E-state index contributed by atoms with van der Waals surface area (Å²) in [6.07, 6.45) is -4.40. The van der Waals surface area contributed by atoms with Gasteiger partial charge in [-0.3, -0.25) is 9.59 Å². The van der Waals surface area contributed by atoms with E-state index in [1.54, 1.807) is 42.2 Å². The minimum absolute atomic E-state index is 0.213. The summed E-state index contributed by atoms with van der Waals surface area (Å²) >= 11 is 0. The van der Waals surface area contributed by atoms with Gasteiger partial charge in [0, 0.05) is 43.8 Å². The molecule has 0 atom stereocenters. The number of benzene rings is 2. The van der Waals surface area contributed by atoms with Gasteiger partial charge in [0.25, 0.3) is 11.5 Å². The van der Waals surface area contributed by atoms with E-state index >= 15 is 0 Å². The maximum absolute atomic E-state index is 13.2. The molecule has 0 unspecified atom stereocenters. The van der Waals surface area contributed by atoms with E-state index in [2.05, 4.69) is 5.10 Å². The van der Waals surface area contributed by atoms with Crippen molar-refractivity contribution < 1.29 is 18.0 Å². The SMILES string of the molecule is CCn1nc(C(=O)N2CCN(c3cccc(C(F)(F)F)c3)CC2)c2ccccc2c1=O. The lowest BCUT2D eigenvalue weighted by Crippen LogP contribution is -2.49. The normalized spacial score (nSPS) is 14.8. The summed E-state index contributed by atoms with van der Waals surface area (Å²) in [5.74, 6) is -0.290. The van der Waals surface area contributed by atoms with E-state index in [9.17, 15) is 22.8 Å². The lowest BCUT2D eigenvalue weighted by Gasteiger charge is -2.36. The Hall–Kier alpha value is -3.36. The molecule has 2 heterocycles. The van der Waals surface area contributed by atoms with Crippen molar-refractivity contribution in [2.24, 2.45) is 0 Å². The average molecular weight is 430 g/mol. The van der Waals surface area contributed by atoms with E-state index in [0.29, 0.717) is 49.2 Å². The zero-order valence-corrected chi connectivity index (χ0v) is 16.9. The van der Waals surface area contributed by atoms with Crippen LogP contribution >= 0.6 is 0 Å². The number of carbonyl (C=O) groups is 1. The van der Waals surface area contributed by atoms with Crippen LogP contribution in [-0.2, 0) is 12.7 Å². The number of halogens is 3. The van der Waals surface area contributed by atoms with Crippen LogP contribution in [-0.4, -0.2) is 46.8 Å². The average Bonchev–Trinajstić information content (AvgIpc) is 2.79. The molecule has 3 aromatic rings. The highest BCUT2D eigenvalue weighted by Gasteiger charge is 2.31. The quantitative estimate of drug-likeness (QED) is 0.639. The number of hydrogen-bond donors (Lipinski definition) is 0. The van der Waals surface area contributed by atoms with E-state index in [1.165, 1.54) is 10.7 Å². The molecule has 0 N–H and O–H groups in total. The fourth-order valence-electron chi connectivity index (χ4n) is 3.80. The van der Waals surface area contributed by atoms with E-state index in [-0.39, 0.29) is 17.2 Å². The molecule has 2 aromatic carbocycles. The number of nitrogens with zero attached hydrogens (tertiary/aromatic N) is 4. The van der Waals surface area contributed by atoms with Gasteiger partial charge < -0.3 is 9.80 Å². The number of fused-ring (bicyclic) bond motifs is 1. The molecule has 1 aliphatic heterocycles. The number of hydrogen-bond acceptors (Lipinski definition) is 4. The van der Waals surface area contributed by atoms with Crippen LogP contribution in [0.2, 0.25) is 0 Å². The van der Waals surface area contributed by atoms with Crippen LogP contribution in [0, 0.1) is 0 Å². The zero-order chi connectivity index (χ0) is 22.2. The number of amides is 1. The molecule has 1 amide bonds. The van der Waals surface area contributed by atoms with Crippen LogP contribution in [0.5, 0.6) is 0 Å². The van der Waals surface area contributed by atoms with Crippen molar-refractivity contribution in [3.8, 4) is 0 Å². The van der Waals surface area contributed by atoms with Crippen molar-refractivity contribution >= 4 is 22.4 Å². The van der Waals surface area contributed by atoms with Gasteiger partial charge in [0.2, 0.25) is 0 Å². The molecular formula is C22H21F3N4O2. The fourth-order valence-corrected chi connectivity index (χ4v) is 3.80. The van der Waals surface area contributed by atoms with Crippen LogP contribution in [0.3, 0.4) is 0 Å². The maximum atomic E-state index is 13.2. The second kappa shape index (κ2) is 8.05. The second-order valence-electron chi connectivity index (χ2n) is 7.34. The fraction of sp³-hybridized carbons (Fsp3) is 0.318. The van der Waals surface area contributed by atoms with E-state index in [1.807, 2.05) is 4.90 Å². The van der Waals surface area contributed by atoms with Gasteiger partial charge in [-0.2, -0.15) is 18.3 Å². The number of aromatic nitrogens is 2. The third kappa shape index (κ3) is 3.99. The first kappa shape index (κ1) is 20.9. The Bertz CT molecular complexity index is 1180. The van der Waals surface area contributed by atoms with Crippen molar-refractivity contribution in [2.75, 3.05) is 31.1 Å². The minimum atomic E-state index is -4.40. The van der Waals surface area contributed by atoms with Crippen molar-refractivity contribution in [3.63, 3.8) is 0 Å². The molecule has 1 aliphatic rings. The molecule has 1 saturated heterocycles. The molecule has 1 aromatic heterocycles. The first-order chi connectivity index (χ1) is 14.8. The van der Waals surface area contributed by atoms with Gasteiger partial charge in [-0.05, 0) is 31.2 Å². The second-order valence-corrected chi connectivity index (χ2v) is 7.34. The van der Waals surface area contributed by atoms with Crippen LogP contribution in [0.25, 0.3) is 10.8 Å². The smallest absolute Gasteiger partial charge is 0.368 e. The van der Waals surface area contributed by atoms with Crippen LogP contribution in [0.4, 0.5) is 18.9 Å². The van der Waals surface area contributed by atoms with Gasteiger partial charge in [-0.25, -0.2) is 4.68 Å². The Morgan fingerprint density at radius 1 is 1.00 bits per heavy atom. The topological polar surface area (TPSA) is 58.4 Å². The summed E-state index contributed by atoms with van der Waals surface area (Å²) in [6.45, 7) is 3.61. The van der Waals surface area contributed by atoms with Crippen LogP contribution in [0.1, 0.15) is 23.0 Å². The predicted molar refractivity (Wildman–Crippen MR) is 111 cm³/mol. The largest absolute Gasteiger partial charge is 0.416 e. The molecule has 6 nitrogen and oxygen atoms in total. The Morgan fingerprint density at radius 2 is 1.68 bits per heavy atom. The van der Waals surface area contributed by atoms with Gasteiger partial charge in [0.15, 0.2) is 5.69 Å². The molecule has 0 bridgehead atoms. The summed E-state index contributed by atoms with van der Waals surface area (Å²) in [6, 6.07) is 12.1. The molecule has 0 saturated carbocycles. The Balaban J connectivity index is 1.56. The van der Waals surface area contributed by atoms with Gasteiger partial charge in [-0.15, -0.1) is 0 Å². The first-order valence-corrected chi connectivity index (χ1v) is 10.0. The molecule has 31 heavy (non-hydrogen) atoms. The van der Waals surface area contributed by atoms with Crippen molar-refractivity contribution in [3.05, 3.63) is 70.1 Å². The Kier molecular flexibility index (Phi) is 5.43. The summed E-state index contributed by atoms with van der Waals surface area (Å²) in [5.41, 5.74) is -0.250. The van der Waals surface area contributed by atoms with Crippen molar-refractivity contribution in [1.82, 2.24) is 14.7 Å². The van der Waals surface area contributed by atoms with Gasteiger partial charge in [-0.1, -0.05) is 24.3 Å². The lowest BCUT2D eigenvalue weighted by atomic mass is 10.1. The number of anilines is 1. The standard InChI is InChI=1S/C22H21F3N4O2/c1-2-29-20(30)18-9-4-3-8-17(18)19(26-29)21(31)28-12-10-27(11-13-28)16-7-5-6-15(14-16)22(23,24)25/h3-9,14H,2,10-13H2,1H3. The van der Waals surface area contributed by atoms with Gasteiger partial charge in [0.1, 0.15) is 0 Å². The summed E-state index contributed by atoms with van der Waals surface area (Å²) in [7, 11) is 0. The van der Waals surface area contributed by atoms with E-state index in [4.69, 9.17) is 0 Å². The molecule has 1 fully saturated rings. The molecule has 9 heteroatoms. The lowest BCUT2D eigenvalue weighted by molar-refractivity contribution is -0.137. The number of rotatable bonds is 3. The summed E-state index contributed by atoms with van der Waals surface area (Å²) in [5, 5.41) is 5.22. The number of carbonyl (C=O) groups excluding carboxylic acids is 1. The van der Waals surface area contributed by atoms with Crippen LogP contribution < -0.4 is 10.5 Å². The predicted octanol–water partition coefficient (Wildman–Crippen LogP) is 3.40. The van der Waals surface area contributed by atoms with E-state index < -0.39 is 11.7 Å². The highest BCUT2D eigenvalue weighted by atomic mass is 19.4. The molecule has 0 radical (unpaired) electrons. The number of piperazine rings is 1. The molecular weight excluding hydrogens is 409 g/mol. The maximum Gasteiger partial charge on any atom is 0.416 e. The molecule has 0 aliphatic carbocycles. The third-order valence-electron chi connectivity index (χ3n) is 5.48. The molecule has 162 valence electrons. The first-order valence-electron chi connectivity index (χ1n) is 10.0. The van der Waals surface area contributed by atoms with Crippen molar-refractivity contribution in [2.45, 2.75) is 19.6 Å². The minimum Gasteiger partial charge on any atom is -0.368 e. The van der Waals surface area contributed by atoms with Gasteiger partial charge >= 0.3 is 6.18 Å². The summed E-state index contributed by atoms with van der Waals surface area (Å²) < 4.78 is 40.3. The van der Waals surface area contributed by atoms with Crippen LogP contribution in [0.15, 0.2) is 53.3 Å². The van der Waals surface area contributed by atoms with E-state index in [0.717, 1.165) is 12.1 Å². The zero-order valence-electron chi connectivity index (χ0n) is 16.9. The van der Waals surface area contributed by atoms with Gasteiger partial charge in [0.05, 0.1) is 10.9 Å². The number of alkyl halides is 3. The highest BCUT2D eigenvalue weighted by molar-refractivity contribution is 6.04. The summed E-state index contributed by atoms with van der Waals surface area (Å²) in [4.78, 5) is 29.2. The molecule has 0 spiro atoms. The highest BCUT2D eigenvalue weighted by Crippen LogP contribution is 2.32. The Labute approximate surface area is 176 Å². The Morgan fingerprint density at radius 3 is 2.32 bits per heavy atom.